The van der Waals surface area contributed by atoms with Crippen LogP contribution in [0.25, 0.3) is 6.08 Å². The highest BCUT2D eigenvalue weighted by atomic mass is 32.1. The molecule has 6 nitrogen and oxygen atoms in total. The van der Waals surface area contributed by atoms with Crippen LogP contribution in [0, 0.1) is 6.92 Å². The number of hydrogen-bond donors (Lipinski definition) is 1. The molecular formula is C20H18N2O4S. The van der Waals surface area contributed by atoms with Gasteiger partial charge in [-0.15, -0.1) is 0 Å². The van der Waals surface area contributed by atoms with Crippen LogP contribution >= 0.6 is 12.2 Å². The number of amides is 2. The molecule has 0 unspecified atom stereocenters. The second-order valence-electron chi connectivity index (χ2n) is 5.86. The number of rotatable bonds is 4. The fourth-order valence-electron chi connectivity index (χ4n) is 2.78. The Kier molecular flexibility index (Phi) is 5.23. The zero-order valence-corrected chi connectivity index (χ0v) is 15.9. The summed E-state index contributed by atoms with van der Waals surface area (Å²) >= 11 is 5.19. The fraction of sp³-hybridized carbons (Fsp3) is 0.150. The number of benzene rings is 2. The molecule has 138 valence electrons. The summed E-state index contributed by atoms with van der Waals surface area (Å²) < 4.78 is 10.6. The van der Waals surface area contributed by atoms with Crippen LogP contribution in [0.2, 0.25) is 0 Å². The topological polar surface area (TPSA) is 67.9 Å². The SMILES string of the molecule is COc1cc(C)c(/C=C2\C(=O)NC(=S)N(c3ccccc3)C2=O)cc1OC. The number of carbonyl (C=O) groups excluding carboxylic acids is 2. The Hall–Kier alpha value is -3.19. The molecule has 0 aliphatic carbocycles. The zero-order chi connectivity index (χ0) is 19.6. The van der Waals surface area contributed by atoms with Crippen molar-refractivity contribution in [3.8, 4) is 11.5 Å². The van der Waals surface area contributed by atoms with Crippen LogP contribution in [-0.2, 0) is 9.59 Å². The quantitative estimate of drug-likeness (QED) is 0.500. The van der Waals surface area contributed by atoms with Crippen molar-refractivity contribution in [1.82, 2.24) is 5.32 Å². The first-order chi connectivity index (χ1) is 13.0. The van der Waals surface area contributed by atoms with Crippen LogP contribution in [0.4, 0.5) is 5.69 Å². The lowest BCUT2D eigenvalue weighted by Crippen LogP contribution is -2.54. The van der Waals surface area contributed by atoms with E-state index in [1.165, 1.54) is 18.1 Å². The maximum absolute atomic E-state index is 13.0. The third-order valence-corrected chi connectivity index (χ3v) is 4.47. The third-order valence-electron chi connectivity index (χ3n) is 4.19. The summed E-state index contributed by atoms with van der Waals surface area (Å²) in [5.74, 6) is 0.0632. The first-order valence-corrected chi connectivity index (χ1v) is 8.56. The number of methoxy groups -OCH3 is 2. The molecule has 3 rings (SSSR count). The molecule has 0 bridgehead atoms. The van der Waals surface area contributed by atoms with Crippen molar-refractivity contribution < 1.29 is 19.1 Å². The van der Waals surface area contributed by atoms with Crippen molar-refractivity contribution in [3.63, 3.8) is 0 Å². The van der Waals surface area contributed by atoms with Crippen molar-refractivity contribution >= 4 is 40.9 Å². The molecule has 2 amide bonds. The molecule has 2 aromatic rings. The van der Waals surface area contributed by atoms with E-state index < -0.39 is 11.8 Å². The van der Waals surface area contributed by atoms with Gasteiger partial charge in [0.05, 0.1) is 19.9 Å². The Morgan fingerprint density at radius 2 is 1.67 bits per heavy atom. The minimum absolute atomic E-state index is 0.0113. The normalized spacial score (nSPS) is 15.7. The number of thiocarbonyl (C=S) groups is 1. The highest BCUT2D eigenvalue weighted by Crippen LogP contribution is 2.32. The minimum atomic E-state index is -0.536. The van der Waals surface area contributed by atoms with E-state index in [1.807, 2.05) is 13.0 Å². The van der Waals surface area contributed by atoms with Crippen LogP contribution in [0.3, 0.4) is 0 Å². The summed E-state index contributed by atoms with van der Waals surface area (Å²) in [7, 11) is 3.07. The maximum Gasteiger partial charge on any atom is 0.270 e. The first kappa shape index (κ1) is 18.6. The predicted octanol–water partition coefficient (Wildman–Crippen LogP) is 2.84. The summed E-state index contributed by atoms with van der Waals surface area (Å²) in [5.41, 5.74) is 2.08. The van der Waals surface area contributed by atoms with Crippen LogP contribution in [0.15, 0.2) is 48.0 Å². The lowest BCUT2D eigenvalue weighted by atomic mass is 10.0. The summed E-state index contributed by atoms with van der Waals surface area (Å²) in [4.78, 5) is 26.7. The van der Waals surface area contributed by atoms with E-state index in [1.54, 1.807) is 43.5 Å². The smallest absolute Gasteiger partial charge is 0.270 e. The summed E-state index contributed by atoms with van der Waals surface area (Å²) in [6.07, 6.45) is 1.53. The monoisotopic (exact) mass is 382 g/mol. The molecule has 2 aromatic carbocycles. The largest absolute Gasteiger partial charge is 0.493 e. The average Bonchev–Trinajstić information content (AvgIpc) is 2.66. The standard InChI is InChI=1S/C20H18N2O4S/c1-12-9-16(25-2)17(26-3)11-13(12)10-15-18(23)21-20(27)22(19(15)24)14-7-5-4-6-8-14/h4-11H,1-3H3,(H,21,23,27)/b15-10+. The number of ether oxygens (including phenoxy) is 2. The molecule has 0 aromatic heterocycles. The molecule has 0 atom stereocenters. The van der Waals surface area contributed by atoms with E-state index in [9.17, 15) is 9.59 Å². The molecule has 1 saturated heterocycles. The Morgan fingerprint density at radius 1 is 1.04 bits per heavy atom. The summed E-state index contributed by atoms with van der Waals surface area (Å²) in [5, 5.41) is 2.63. The van der Waals surface area contributed by atoms with E-state index in [0.29, 0.717) is 22.7 Å². The van der Waals surface area contributed by atoms with Gasteiger partial charge in [-0.2, -0.15) is 0 Å². The molecule has 1 fully saturated rings. The van der Waals surface area contributed by atoms with Gasteiger partial charge in [0.1, 0.15) is 5.57 Å². The second-order valence-corrected chi connectivity index (χ2v) is 6.24. The van der Waals surface area contributed by atoms with Gasteiger partial charge in [-0.05, 0) is 60.6 Å². The average molecular weight is 382 g/mol. The molecular weight excluding hydrogens is 364 g/mol. The van der Waals surface area contributed by atoms with Gasteiger partial charge < -0.3 is 9.47 Å². The number of hydrogen-bond acceptors (Lipinski definition) is 5. The minimum Gasteiger partial charge on any atom is -0.493 e. The highest BCUT2D eigenvalue weighted by molar-refractivity contribution is 7.80. The molecule has 7 heteroatoms. The van der Waals surface area contributed by atoms with Crippen molar-refractivity contribution in [3.05, 3.63) is 59.2 Å². The van der Waals surface area contributed by atoms with Crippen LogP contribution in [0.1, 0.15) is 11.1 Å². The van der Waals surface area contributed by atoms with Crippen LogP contribution in [0.5, 0.6) is 11.5 Å². The van der Waals surface area contributed by atoms with Crippen molar-refractivity contribution in [1.29, 1.82) is 0 Å². The van der Waals surface area contributed by atoms with E-state index >= 15 is 0 Å². The Labute approximate surface area is 162 Å². The van der Waals surface area contributed by atoms with Gasteiger partial charge in [-0.25, -0.2) is 0 Å². The van der Waals surface area contributed by atoms with Crippen LogP contribution < -0.4 is 19.7 Å². The number of carbonyl (C=O) groups is 2. The lowest BCUT2D eigenvalue weighted by Gasteiger charge is -2.29. The molecule has 1 N–H and O–H groups in total. The molecule has 0 radical (unpaired) electrons. The number of nitrogens with one attached hydrogen (secondary N) is 1. The van der Waals surface area contributed by atoms with Gasteiger partial charge in [-0.3, -0.25) is 19.8 Å². The Balaban J connectivity index is 2.06. The van der Waals surface area contributed by atoms with Gasteiger partial charge >= 0.3 is 0 Å². The van der Waals surface area contributed by atoms with E-state index in [2.05, 4.69) is 5.32 Å². The van der Waals surface area contributed by atoms with E-state index in [0.717, 1.165) is 5.56 Å². The second kappa shape index (κ2) is 7.59. The van der Waals surface area contributed by atoms with Crippen molar-refractivity contribution in [2.45, 2.75) is 6.92 Å². The maximum atomic E-state index is 13.0. The Morgan fingerprint density at radius 3 is 2.30 bits per heavy atom. The Bertz CT molecular complexity index is 954. The molecule has 0 spiro atoms. The highest BCUT2D eigenvalue weighted by Gasteiger charge is 2.34. The van der Waals surface area contributed by atoms with Crippen molar-refractivity contribution in [2.24, 2.45) is 0 Å². The van der Waals surface area contributed by atoms with E-state index in [-0.39, 0.29) is 10.7 Å². The predicted molar refractivity (Wildman–Crippen MR) is 107 cm³/mol. The zero-order valence-electron chi connectivity index (χ0n) is 15.1. The molecule has 27 heavy (non-hydrogen) atoms. The van der Waals surface area contributed by atoms with Crippen LogP contribution in [-0.4, -0.2) is 31.1 Å². The number of aryl methyl sites for hydroxylation is 1. The lowest BCUT2D eigenvalue weighted by molar-refractivity contribution is -0.122. The van der Waals surface area contributed by atoms with Gasteiger partial charge in [-0.1, -0.05) is 18.2 Å². The van der Waals surface area contributed by atoms with Gasteiger partial charge in [0.25, 0.3) is 11.8 Å². The molecule has 0 saturated carbocycles. The third kappa shape index (κ3) is 3.54. The van der Waals surface area contributed by atoms with Gasteiger partial charge in [0.2, 0.25) is 0 Å². The van der Waals surface area contributed by atoms with Crippen molar-refractivity contribution in [2.75, 3.05) is 19.1 Å². The number of nitrogens with zero attached hydrogens (tertiary/aromatic N) is 1. The fourth-order valence-corrected chi connectivity index (χ4v) is 3.06. The molecule has 1 heterocycles. The van der Waals surface area contributed by atoms with Gasteiger partial charge in [0, 0.05) is 0 Å². The molecule has 1 aliphatic rings. The summed E-state index contributed by atoms with van der Waals surface area (Å²) in [6, 6.07) is 12.4. The first-order valence-electron chi connectivity index (χ1n) is 8.15. The molecule has 1 aliphatic heterocycles. The van der Waals surface area contributed by atoms with Gasteiger partial charge in [0.15, 0.2) is 16.6 Å². The van der Waals surface area contributed by atoms with E-state index in [4.69, 9.17) is 21.7 Å². The summed E-state index contributed by atoms with van der Waals surface area (Å²) in [6.45, 7) is 1.86. The number of anilines is 1. The number of para-hydroxylation sites is 1.